The lowest BCUT2D eigenvalue weighted by atomic mass is 10.0. The molecule has 2 aromatic carbocycles. The molecule has 0 bridgehead atoms. The van der Waals surface area contributed by atoms with Crippen LogP contribution in [0.2, 0.25) is 10.0 Å². The molecule has 8 heteroatoms. The van der Waals surface area contributed by atoms with Crippen LogP contribution in [0, 0.1) is 0 Å². The summed E-state index contributed by atoms with van der Waals surface area (Å²) in [6.45, 7) is 0.457. The first-order chi connectivity index (χ1) is 16.8. The molecule has 1 fully saturated rings. The van der Waals surface area contributed by atoms with Gasteiger partial charge in [0.25, 0.3) is 5.91 Å². The summed E-state index contributed by atoms with van der Waals surface area (Å²) in [6.07, 6.45) is -0.808. The molecule has 0 saturated carbocycles. The minimum absolute atomic E-state index is 0.0420. The third-order valence-electron chi connectivity index (χ3n) is 6.25. The highest BCUT2D eigenvalue weighted by molar-refractivity contribution is 7.12. The molecule has 1 amide bonds. The quantitative estimate of drug-likeness (QED) is 0.396. The number of carbonyl (C=O) groups excluding carboxylic acids is 2. The summed E-state index contributed by atoms with van der Waals surface area (Å²) >= 11 is 13.7. The van der Waals surface area contributed by atoms with Gasteiger partial charge < -0.3 is 15.1 Å². The number of benzene rings is 2. The van der Waals surface area contributed by atoms with E-state index in [9.17, 15) is 19.8 Å². The highest BCUT2D eigenvalue weighted by Crippen LogP contribution is 2.33. The number of halogens is 2. The number of amides is 1. The summed E-state index contributed by atoms with van der Waals surface area (Å²) in [5.41, 5.74) is 1.99. The van der Waals surface area contributed by atoms with Gasteiger partial charge in [0.2, 0.25) is 0 Å². The normalized spacial score (nSPS) is 17.4. The second-order valence-corrected chi connectivity index (χ2v) is 10.9. The molecular formula is C27H27Cl2NO4S. The first kappa shape index (κ1) is 25.9. The Morgan fingerprint density at radius 1 is 0.971 bits per heavy atom. The smallest absolute Gasteiger partial charge is 0.255 e. The predicted octanol–water partition coefficient (Wildman–Crippen LogP) is 5.23. The van der Waals surface area contributed by atoms with E-state index >= 15 is 0 Å². The minimum Gasteiger partial charge on any atom is -0.382 e. The Morgan fingerprint density at radius 2 is 1.69 bits per heavy atom. The summed E-state index contributed by atoms with van der Waals surface area (Å²) in [7, 11) is 0. The van der Waals surface area contributed by atoms with Gasteiger partial charge in [-0.15, -0.1) is 11.3 Å². The molecule has 2 N–H and O–H groups in total. The number of ketones is 1. The molecule has 184 valence electrons. The second kappa shape index (κ2) is 11.7. The third kappa shape index (κ3) is 6.51. The van der Waals surface area contributed by atoms with Gasteiger partial charge in [-0.1, -0.05) is 47.5 Å². The van der Waals surface area contributed by atoms with E-state index in [1.54, 1.807) is 23.5 Å². The van der Waals surface area contributed by atoms with Gasteiger partial charge in [0.1, 0.15) is 6.10 Å². The maximum absolute atomic E-state index is 13.0. The molecular weight excluding hydrogens is 505 g/mol. The monoisotopic (exact) mass is 531 g/mol. The van der Waals surface area contributed by atoms with Crippen molar-refractivity contribution in [1.29, 1.82) is 0 Å². The summed E-state index contributed by atoms with van der Waals surface area (Å²) in [6, 6.07) is 18.7. The number of rotatable bonds is 9. The standard InChI is InChI=1S/C27H27Cl2NO4S/c28-19-6-1-4-17(14-19)15-22-10-9-21(35-22)11-12-24(31)25(32)26(33)27(34)30-13-3-8-23(30)18-5-2-7-20(29)16-18/h1-2,4-7,9-10,14,16,23,25-26,32-33H,3,8,11-13,15H2/t23?,25-,26+/m0/s1. The largest absolute Gasteiger partial charge is 0.382 e. The molecule has 0 radical (unpaired) electrons. The number of nitrogens with zero attached hydrogens (tertiary/aromatic N) is 1. The van der Waals surface area contributed by atoms with Gasteiger partial charge in [-0.05, 0) is 66.8 Å². The van der Waals surface area contributed by atoms with Crippen molar-refractivity contribution in [3.63, 3.8) is 0 Å². The molecule has 35 heavy (non-hydrogen) atoms. The highest BCUT2D eigenvalue weighted by Gasteiger charge is 2.38. The number of aryl methyl sites for hydroxylation is 1. The van der Waals surface area contributed by atoms with E-state index in [2.05, 4.69) is 0 Å². The molecule has 2 heterocycles. The topological polar surface area (TPSA) is 77.8 Å². The Hall–Kier alpha value is -2.22. The van der Waals surface area contributed by atoms with Crippen LogP contribution in [0.3, 0.4) is 0 Å². The number of Topliss-reactive ketones (excluding diaryl/α,β-unsaturated/α-hetero) is 1. The van der Waals surface area contributed by atoms with Crippen LogP contribution in [0.5, 0.6) is 0 Å². The molecule has 5 nitrogen and oxygen atoms in total. The zero-order chi connectivity index (χ0) is 24.9. The van der Waals surface area contributed by atoms with E-state index in [1.807, 2.05) is 48.5 Å². The van der Waals surface area contributed by atoms with Crippen molar-refractivity contribution in [2.24, 2.45) is 0 Å². The van der Waals surface area contributed by atoms with Crippen LogP contribution in [-0.2, 0) is 22.4 Å². The first-order valence-electron chi connectivity index (χ1n) is 11.6. The summed E-state index contributed by atoms with van der Waals surface area (Å²) < 4.78 is 0. The van der Waals surface area contributed by atoms with Crippen LogP contribution >= 0.6 is 34.5 Å². The number of likely N-dealkylation sites (tertiary alicyclic amines) is 1. The molecule has 0 spiro atoms. The Balaban J connectivity index is 1.32. The van der Waals surface area contributed by atoms with Crippen LogP contribution in [0.25, 0.3) is 0 Å². The van der Waals surface area contributed by atoms with Crippen LogP contribution in [-0.4, -0.2) is 45.6 Å². The van der Waals surface area contributed by atoms with E-state index in [4.69, 9.17) is 23.2 Å². The lowest BCUT2D eigenvalue weighted by Gasteiger charge is -2.28. The average Bonchev–Trinajstić information content (AvgIpc) is 3.51. The molecule has 1 aliphatic rings. The van der Waals surface area contributed by atoms with Gasteiger partial charge in [0.15, 0.2) is 11.9 Å². The number of carbonyl (C=O) groups is 2. The van der Waals surface area contributed by atoms with Gasteiger partial charge in [-0.25, -0.2) is 0 Å². The van der Waals surface area contributed by atoms with Gasteiger partial charge >= 0.3 is 0 Å². The zero-order valence-corrected chi connectivity index (χ0v) is 21.4. The fourth-order valence-electron chi connectivity index (χ4n) is 4.47. The van der Waals surface area contributed by atoms with Crippen molar-refractivity contribution in [2.45, 2.75) is 50.4 Å². The van der Waals surface area contributed by atoms with Crippen molar-refractivity contribution >= 4 is 46.2 Å². The van der Waals surface area contributed by atoms with E-state index in [1.165, 1.54) is 4.90 Å². The van der Waals surface area contributed by atoms with Crippen LogP contribution in [0.1, 0.15) is 46.2 Å². The molecule has 4 rings (SSSR count). The van der Waals surface area contributed by atoms with E-state index in [0.29, 0.717) is 23.0 Å². The fraction of sp³-hybridized carbons (Fsp3) is 0.333. The number of aliphatic hydroxyl groups excluding tert-OH is 2. The zero-order valence-electron chi connectivity index (χ0n) is 19.1. The van der Waals surface area contributed by atoms with Crippen LogP contribution in [0.15, 0.2) is 60.7 Å². The first-order valence-corrected chi connectivity index (χ1v) is 13.2. The number of thiophene rings is 1. The Bertz CT molecular complexity index is 1200. The van der Waals surface area contributed by atoms with Crippen molar-refractivity contribution in [3.05, 3.63) is 91.6 Å². The molecule has 3 atom stereocenters. The van der Waals surface area contributed by atoms with Crippen LogP contribution < -0.4 is 0 Å². The molecule has 0 aliphatic carbocycles. The molecule has 3 aromatic rings. The number of hydrogen-bond donors (Lipinski definition) is 2. The number of aliphatic hydroxyl groups is 2. The molecule has 1 aliphatic heterocycles. The van der Waals surface area contributed by atoms with Gasteiger partial charge in [0, 0.05) is 39.2 Å². The Labute approximate surface area is 218 Å². The maximum atomic E-state index is 13.0. The SMILES string of the molecule is O=C(CCc1ccc(Cc2cccc(Cl)c2)s1)[C@H](O)[C@@H](O)C(=O)N1CCCC1c1cccc(Cl)c1. The van der Waals surface area contributed by atoms with Crippen molar-refractivity contribution in [2.75, 3.05) is 6.54 Å². The Morgan fingerprint density at radius 3 is 2.43 bits per heavy atom. The maximum Gasteiger partial charge on any atom is 0.255 e. The minimum atomic E-state index is -1.79. The van der Waals surface area contributed by atoms with Crippen molar-refractivity contribution in [1.82, 2.24) is 4.90 Å². The molecule has 1 aromatic heterocycles. The number of hydrogen-bond acceptors (Lipinski definition) is 5. The van der Waals surface area contributed by atoms with Crippen LogP contribution in [0.4, 0.5) is 0 Å². The van der Waals surface area contributed by atoms with Crippen molar-refractivity contribution < 1.29 is 19.8 Å². The van der Waals surface area contributed by atoms with E-state index < -0.39 is 23.9 Å². The predicted molar refractivity (Wildman–Crippen MR) is 139 cm³/mol. The lowest BCUT2D eigenvalue weighted by Crippen LogP contribution is -2.47. The highest BCUT2D eigenvalue weighted by atomic mass is 35.5. The van der Waals surface area contributed by atoms with Gasteiger partial charge in [-0.2, -0.15) is 0 Å². The van der Waals surface area contributed by atoms with Gasteiger partial charge in [0.05, 0.1) is 6.04 Å². The fourth-order valence-corrected chi connectivity index (χ4v) is 5.93. The molecule has 1 saturated heterocycles. The Kier molecular flexibility index (Phi) is 8.63. The van der Waals surface area contributed by atoms with E-state index in [-0.39, 0.29) is 12.5 Å². The molecule has 1 unspecified atom stereocenters. The third-order valence-corrected chi connectivity index (χ3v) is 7.87. The lowest BCUT2D eigenvalue weighted by molar-refractivity contribution is -0.153. The summed E-state index contributed by atoms with van der Waals surface area (Å²) in [5, 5.41) is 22.2. The van der Waals surface area contributed by atoms with Crippen molar-refractivity contribution in [3.8, 4) is 0 Å². The van der Waals surface area contributed by atoms with E-state index in [0.717, 1.165) is 40.1 Å². The average molecular weight is 532 g/mol. The second-order valence-electron chi connectivity index (χ2n) is 8.78. The summed E-state index contributed by atoms with van der Waals surface area (Å²) in [5.74, 6) is -1.18. The summed E-state index contributed by atoms with van der Waals surface area (Å²) in [4.78, 5) is 29.2. The van der Waals surface area contributed by atoms with Gasteiger partial charge in [-0.3, -0.25) is 9.59 Å².